The van der Waals surface area contributed by atoms with Crippen LogP contribution in [0.2, 0.25) is 0 Å². The lowest BCUT2D eigenvalue weighted by molar-refractivity contribution is -0.138. The first-order chi connectivity index (χ1) is 24.2. The molecule has 1 aliphatic carbocycles. The number of rotatable bonds is 16. The number of nitrogens with one attached hydrogen (secondary N) is 2. The summed E-state index contributed by atoms with van der Waals surface area (Å²) in [7, 11) is 0. The van der Waals surface area contributed by atoms with Gasteiger partial charge in [0.15, 0.2) is 11.6 Å². The summed E-state index contributed by atoms with van der Waals surface area (Å²) in [4.78, 5) is 75.9. The van der Waals surface area contributed by atoms with Crippen molar-refractivity contribution in [2.45, 2.75) is 63.8 Å². The fourth-order valence-corrected chi connectivity index (χ4v) is 5.57. The Kier molecular flexibility index (Phi) is 12.4. The van der Waals surface area contributed by atoms with Gasteiger partial charge < -0.3 is 20.1 Å². The van der Waals surface area contributed by atoms with Crippen LogP contribution in [0, 0.1) is 0 Å². The molecule has 4 aromatic rings. The highest BCUT2D eigenvalue weighted by atomic mass is 16.5. The van der Waals surface area contributed by atoms with Crippen molar-refractivity contribution in [1.82, 2.24) is 10.6 Å². The molecule has 1 saturated carbocycles. The maximum Gasteiger partial charge on any atom is 0.288 e. The summed E-state index contributed by atoms with van der Waals surface area (Å²) in [6.07, 6.45) is 0.683. The van der Waals surface area contributed by atoms with Crippen molar-refractivity contribution < 1.29 is 38.2 Å². The molecular formula is C40H38N2O8. The van der Waals surface area contributed by atoms with Crippen LogP contribution in [0.25, 0.3) is 0 Å². The van der Waals surface area contributed by atoms with Gasteiger partial charge in [-0.1, -0.05) is 84.9 Å². The van der Waals surface area contributed by atoms with Crippen LogP contribution in [0.3, 0.4) is 0 Å². The number of Topliss-reactive ketones (excluding diaryl/α,β-unsaturated/α-hetero) is 4. The lowest BCUT2D eigenvalue weighted by Gasteiger charge is -2.29. The SMILES string of the molecule is O=C(CC(=O)c1cccc(OCc2ccccc2)c1)C(=O)NC1CCC(NC(=O)C(=O)CC(=O)c2cccc(OCc3ccccc3)c2)CC1. The number of carbonyl (C=O) groups excluding carboxylic acids is 6. The fraction of sp³-hybridized carbons (Fsp3) is 0.250. The summed E-state index contributed by atoms with van der Waals surface area (Å²) in [5, 5.41) is 5.38. The molecule has 1 aliphatic rings. The third-order valence-corrected chi connectivity index (χ3v) is 8.36. The second-order valence-electron chi connectivity index (χ2n) is 12.1. The van der Waals surface area contributed by atoms with Crippen molar-refractivity contribution in [2.75, 3.05) is 0 Å². The molecule has 10 nitrogen and oxygen atoms in total. The van der Waals surface area contributed by atoms with Crippen molar-refractivity contribution in [3.63, 3.8) is 0 Å². The van der Waals surface area contributed by atoms with Gasteiger partial charge in [-0.25, -0.2) is 0 Å². The molecule has 4 aromatic carbocycles. The smallest absolute Gasteiger partial charge is 0.288 e. The zero-order valence-corrected chi connectivity index (χ0v) is 27.5. The normalized spacial score (nSPS) is 15.3. The van der Waals surface area contributed by atoms with Crippen molar-refractivity contribution >= 4 is 34.9 Å². The van der Waals surface area contributed by atoms with E-state index in [9.17, 15) is 28.8 Å². The Labute approximate surface area is 290 Å². The van der Waals surface area contributed by atoms with Crippen LogP contribution in [0.5, 0.6) is 11.5 Å². The second kappa shape index (κ2) is 17.5. The minimum atomic E-state index is -0.843. The largest absolute Gasteiger partial charge is 0.489 e. The number of ketones is 4. The zero-order chi connectivity index (χ0) is 35.3. The van der Waals surface area contributed by atoms with Crippen LogP contribution in [0.1, 0.15) is 70.4 Å². The highest BCUT2D eigenvalue weighted by Gasteiger charge is 2.28. The number of hydrogen-bond acceptors (Lipinski definition) is 8. The molecule has 50 heavy (non-hydrogen) atoms. The quantitative estimate of drug-likeness (QED) is 0.0917. The van der Waals surface area contributed by atoms with E-state index in [1.807, 2.05) is 60.7 Å². The van der Waals surface area contributed by atoms with Gasteiger partial charge in [0.05, 0.1) is 12.8 Å². The number of amides is 2. The Morgan fingerprint density at radius 2 is 0.880 bits per heavy atom. The van der Waals surface area contributed by atoms with E-state index in [1.165, 1.54) is 0 Å². The maximum absolute atomic E-state index is 12.8. The Morgan fingerprint density at radius 3 is 1.26 bits per heavy atom. The molecule has 0 spiro atoms. The molecule has 5 rings (SSSR count). The number of benzene rings is 4. The summed E-state index contributed by atoms with van der Waals surface area (Å²) in [5.74, 6) is -3.40. The Hall–Kier alpha value is -5.90. The Balaban J connectivity index is 1.01. The van der Waals surface area contributed by atoms with Gasteiger partial charge in [-0.3, -0.25) is 28.8 Å². The van der Waals surface area contributed by atoms with Crippen molar-refractivity contribution in [3.8, 4) is 11.5 Å². The second-order valence-corrected chi connectivity index (χ2v) is 12.1. The molecule has 2 N–H and O–H groups in total. The van der Waals surface area contributed by atoms with E-state index in [0.717, 1.165) is 11.1 Å². The van der Waals surface area contributed by atoms with E-state index < -0.39 is 47.8 Å². The Morgan fingerprint density at radius 1 is 0.500 bits per heavy atom. The van der Waals surface area contributed by atoms with Crippen LogP contribution >= 0.6 is 0 Å². The van der Waals surface area contributed by atoms with Gasteiger partial charge in [0, 0.05) is 23.2 Å². The fourth-order valence-electron chi connectivity index (χ4n) is 5.57. The maximum atomic E-state index is 12.8. The average molecular weight is 675 g/mol. The molecule has 0 atom stereocenters. The molecule has 2 amide bonds. The first-order valence-corrected chi connectivity index (χ1v) is 16.5. The third kappa shape index (κ3) is 10.6. The van der Waals surface area contributed by atoms with Crippen molar-refractivity contribution in [1.29, 1.82) is 0 Å². The summed E-state index contributed by atoms with van der Waals surface area (Å²) in [6.45, 7) is 0.645. The minimum Gasteiger partial charge on any atom is -0.489 e. The van der Waals surface area contributed by atoms with E-state index >= 15 is 0 Å². The Bertz CT molecular complexity index is 1700. The van der Waals surface area contributed by atoms with Crippen LogP contribution < -0.4 is 20.1 Å². The molecule has 0 saturated heterocycles. The molecule has 0 aromatic heterocycles. The van der Waals surface area contributed by atoms with Gasteiger partial charge in [-0.05, 0) is 61.1 Å². The predicted octanol–water partition coefficient (Wildman–Crippen LogP) is 5.37. The highest BCUT2D eigenvalue weighted by molar-refractivity contribution is 6.40. The van der Waals surface area contributed by atoms with Gasteiger partial charge in [-0.2, -0.15) is 0 Å². The van der Waals surface area contributed by atoms with E-state index in [-0.39, 0.29) is 23.2 Å². The lowest BCUT2D eigenvalue weighted by atomic mass is 9.90. The molecular weight excluding hydrogens is 636 g/mol. The number of hydrogen-bond donors (Lipinski definition) is 2. The van der Waals surface area contributed by atoms with Crippen molar-refractivity contribution in [3.05, 3.63) is 131 Å². The molecule has 1 fully saturated rings. The molecule has 256 valence electrons. The van der Waals surface area contributed by atoms with Gasteiger partial charge in [0.1, 0.15) is 24.7 Å². The summed E-state index contributed by atoms with van der Waals surface area (Å²) < 4.78 is 11.5. The third-order valence-electron chi connectivity index (χ3n) is 8.36. The van der Waals surface area contributed by atoms with Gasteiger partial charge in [0.25, 0.3) is 11.8 Å². The zero-order valence-electron chi connectivity index (χ0n) is 27.5. The van der Waals surface area contributed by atoms with Crippen molar-refractivity contribution in [2.24, 2.45) is 0 Å². The average Bonchev–Trinajstić information content (AvgIpc) is 3.15. The number of ether oxygens (including phenoxy) is 2. The topological polar surface area (TPSA) is 145 Å². The first kappa shape index (κ1) is 35.4. The monoisotopic (exact) mass is 674 g/mol. The number of carbonyl (C=O) groups is 6. The van der Waals surface area contributed by atoms with E-state index in [0.29, 0.717) is 50.4 Å². The molecule has 0 bridgehead atoms. The summed E-state index contributed by atoms with van der Waals surface area (Å²) >= 11 is 0. The molecule has 0 unspecified atom stereocenters. The molecule has 0 heterocycles. The van der Waals surface area contributed by atoms with E-state index in [4.69, 9.17) is 9.47 Å². The first-order valence-electron chi connectivity index (χ1n) is 16.5. The molecule has 0 radical (unpaired) electrons. The predicted molar refractivity (Wildman–Crippen MR) is 185 cm³/mol. The van der Waals surface area contributed by atoms with E-state index in [1.54, 1.807) is 48.5 Å². The summed E-state index contributed by atoms with van der Waals surface area (Å²) in [5.41, 5.74) is 2.48. The summed E-state index contributed by atoms with van der Waals surface area (Å²) in [6, 6.07) is 31.5. The minimum absolute atomic E-state index is 0.269. The van der Waals surface area contributed by atoms with Crippen LogP contribution in [-0.4, -0.2) is 47.0 Å². The van der Waals surface area contributed by atoms with Crippen LogP contribution in [0.4, 0.5) is 0 Å². The molecule has 0 aliphatic heterocycles. The van der Waals surface area contributed by atoms with Gasteiger partial charge in [0.2, 0.25) is 11.6 Å². The molecule has 10 heteroatoms. The van der Waals surface area contributed by atoms with Crippen LogP contribution in [0.15, 0.2) is 109 Å². The van der Waals surface area contributed by atoms with E-state index in [2.05, 4.69) is 10.6 Å². The standard InChI is InChI=1S/C40H38N2O8/c43-35(29-13-7-15-33(21-29)49-25-27-9-3-1-4-10-27)23-37(45)39(47)41-31-17-19-32(20-18-31)42-40(48)38(46)24-36(44)30-14-8-16-34(22-30)50-26-28-11-5-2-6-12-28/h1-16,21-22,31-32H,17-20,23-26H2,(H,41,47)(H,42,48). The van der Waals surface area contributed by atoms with Gasteiger partial charge >= 0.3 is 0 Å². The highest BCUT2D eigenvalue weighted by Crippen LogP contribution is 2.21. The lowest BCUT2D eigenvalue weighted by Crippen LogP contribution is -2.47. The van der Waals surface area contributed by atoms with Crippen LogP contribution in [-0.2, 0) is 32.4 Å². The van der Waals surface area contributed by atoms with Gasteiger partial charge in [-0.15, -0.1) is 0 Å².